The second-order valence-electron chi connectivity index (χ2n) is 4.06. The molecule has 1 aliphatic heterocycles. The fourth-order valence-corrected chi connectivity index (χ4v) is 3.00. The zero-order valence-electron chi connectivity index (χ0n) is 9.36. The minimum atomic E-state index is -3.40. The number of benzene rings is 1. The lowest BCUT2D eigenvalue weighted by molar-refractivity contribution is 0.189. The molecular weight excluding hydrogens is 238 g/mol. The Kier molecular flexibility index (Phi) is 3.61. The standard InChI is InChI=1S/C12H15NO3S/c14-12-6-8-13(10-12)17(15,16)9-7-11-4-2-1-3-5-11/h1-5,7,9,12,14H,6,8,10H2. The van der Waals surface area contributed by atoms with Gasteiger partial charge in [0.05, 0.1) is 6.10 Å². The Hall–Kier alpha value is -1.17. The summed E-state index contributed by atoms with van der Waals surface area (Å²) < 4.78 is 25.1. The molecule has 0 aromatic heterocycles. The molecule has 92 valence electrons. The van der Waals surface area contributed by atoms with Crippen LogP contribution in [-0.4, -0.2) is 37.0 Å². The normalized spacial score (nSPS) is 22.3. The van der Waals surface area contributed by atoms with Crippen molar-refractivity contribution in [1.82, 2.24) is 4.31 Å². The molecule has 2 rings (SSSR count). The molecule has 0 aliphatic carbocycles. The minimum absolute atomic E-state index is 0.196. The van der Waals surface area contributed by atoms with Crippen LogP contribution in [0, 0.1) is 0 Å². The van der Waals surface area contributed by atoms with Gasteiger partial charge in [0.2, 0.25) is 10.0 Å². The lowest BCUT2D eigenvalue weighted by atomic mass is 10.2. The molecule has 1 fully saturated rings. The molecule has 0 spiro atoms. The number of nitrogens with zero attached hydrogens (tertiary/aromatic N) is 1. The zero-order valence-corrected chi connectivity index (χ0v) is 10.2. The number of aliphatic hydroxyl groups excluding tert-OH is 1. The molecule has 0 radical (unpaired) electrons. The fourth-order valence-electron chi connectivity index (χ4n) is 1.76. The number of hydrogen-bond acceptors (Lipinski definition) is 3. The quantitative estimate of drug-likeness (QED) is 0.876. The van der Waals surface area contributed by atoms with Crippen molar-refractivity contribution in [3.8, 4) is 0 Å². The summed E-state index contributed by atoms with van der Waals surface area (Å²) >= 11 is 0. The first-order valence-electron chi connectivity index (χ1n) is 5.49. The number of aliphatic hydroxyl groups is 1. The van der Waals surface area contributed by atoms with Crippen molar-refractivity contribution in [1.29, 1.82) is 0 Å². The van der Waals surface area contributed by atoms with E-state index in [1.54, 1.807) is 6.08 Å². The lowest BCUT2D eigenvalue weighted by Crippen LogP contribution is -2.27. The van der Waals surface area contributed by atoms with Crippen LogP contribution in [-0.2, 0) is 10.0 Å². The van der Waals surface area contributed by atoms with Gasteiger partial charge in [-0.25, -0.2) is 8.42 Å². The highest BCUT2D eigenvalue weighted by Gasteiger charge is 2.28. The van der Waals surface area contributed by atoms with Gasteiger partial charge in [-0.3, -0.25) is 0 Å². The second kappa shape index (κ2) is 5.00. The van der Waals surface area contributed by atoms with Crippen LogP contribution in [0.3, 0.4) is 0 Å². The summed E-state index contributed by atoms with van der Waals surface area (Å²) in [4.78, 5) is 0. The first kappa shape index (κ1) is 12.3. The predicted octanol–water partition coefficient (Wildman–Crippen LogP) is 1.05. The highest BCUT2D eigenvalue weighted by Crippen LogP contribution is 2.15. The smallest absolute Gasteiger partial charge is 0.236 e. The average molecular weight is 253 g/mol. The molecule has 1 aliphatic rings. The third-order valence-corrected chi connectivity index (χ3v) is 4.25. The van der Waals surface area contributed by atoms with E-state index in [4.69, 9.17) is 0 Å². The van der Waals surface area contributed by atoms with Crippen molar-refractivity contribution < 1.29 is 13.5 Å². The predicted molar refractivity (Wildman–Crippen MR) is 66.6 cm³/mol. The molecule has 0 saturated carbocycles. The molecule has 4 nitrogen and oxygen atoms in total. The molecule has 1 heterocycles. The molecule has 1 unspecified atom stereocenters. The Morgan fingerprint density at radius 1 is 1.29 bits per heavy atom. The molecule has 0 amide bonds. The number of rotatable bonds is 3. The van der Waals surface area contributed by atoms with Crippen molar-refractivity contribution in [3.63, 3.8) is 0 Å². The van der Waals surface area contributed by atoms with Crippen molar-refractivity contribution >= 4 is 16.1 Å². The van der Waals surface area contributed by atoms with Crippen LogP contribution < -0.4 is 0 Å². The summed E-state index contributed by atoms with van der Waals surface area (Å²) in [5, 5.41) is 10.5. The second-order valence-corrected chi connectivity index (χ2v) is 5.88. The van der Waals surface area contributed by atoms with Gasteiger partial charge in [-0.15, -0.1) is 0 Å². The average Bonchev–Trinajstić information content (AvgIpc) is 2.76. The summed E-state index contributed by atoms with van der Waals surface area (Å²) in [5.74, 6) is 0. The highest BCUT2D eigenvalue weighted by atomic mass is 32.2. The molecule has 1 aromatic rings. The molecule has 17 heavy (non-hydrogen) atoms. The van der Waals surface area contributed by atoms with Crippen LogP contribution in [0.2, 0.25) is 0 Å². The van der Waals surface area contributed by atoms with Gasteiger partial charge in [0, 0.05) is 18.5 Å². The van der Waals surface area contributed by atoms with Crippen molar-refractivity contribution in [2.45, 2.75) is 12.5 Å². The van der Waals surface area contributed by atoms with Crippen molar-refractivity contribution in [2.24, 2.45) is 0 Å². The largest absolute Gasteiger partial charge is 0.392 e. The van der Waals surface area contributed by atoms with E-state index in [0.717, 1.165) is 5.56 Å². The maximum Gasteiger partial charge on any atom is 0.236 e. The fraction of sp³-hybridized carbons (Fsp3) is 0.333. The first-order valence-corrected chi connectivity index (χ1v) is 6.99. The van der Waals surface area contributed by atoms with E-state index in [-0.39, 0.29) is 6.54 Å². The third kappa shape index (κ3) is 3.15. The summed E-state index contributed by atoms with van der Waals surface area (Å²) in [6, 6.07) is 9.26. The zero-order chi connectivity index (χ0) is 12.3. The molecule has 5 heteroatoms. The SMILES string of the molecule is O=S(=O)(C=Cc1ccccc1)N1CCC(O)C1. The van der Waals surface area contributed by atoms with Crippen molar-refractivity contribution in [3.05, 3.63) is 41.3 Å². The number of β-amino-alcohol motifs (C(OH)–C–C–N with tert-alkyl or cyclic N) is 1. The van der Waals surface area contributed by atoms with Gasteiger partial charge in [0.25, 0.3) is 0 Å². The van der Waals surface area contributed by atoms with Crippen molar-refractivity contribution in [2.75, 3.05) is 13.1 Å². The Morgan fingerprint density at radius 2 is 2.00 bits per heavy atom. The van der Waals surface area contributed by atoms with Crippen LogP contribution in [0.1, 0.15) is 12.0 Å². The lowest BCUT2D eigenvalue weighted by Gasteiger charge is -2.11. The van der Waals surface area contributed by atoms with E-state index in [0.29, 0.717) is 13.0 Å². The number of hydrogen-bond donors (Lipinski definition) is 1. The van der Waals surface area contributed by atoms with Gasteiger partial charge >= 0.3 is 0 Å². The van der Waals surface area contributed by atoms with Gasteiger partial charge in [0.15, 0.2) is 0 Å². The van der Waals surface area contributed by atoms with Crippen LogP contribution in [0.25, 0.3) is 6.08 Å². The monoisotopic (exact) mass is 253 g/mol. The van der Waals surface area contributed by atoms with Gasteiger partial charge in [-0.05, 0) is 18.1 Å². The van der Waals surface area contributed by atoms with Crippen LogP contribution in [0.5, 0.6) is 0 Å². The maximum atomic E-state index is 11.9. The van der Waals surface area contributed by atoms with E-state index in [9.17, 15) is 13.5 Å². The Labute approximate surface area is 101 Å². The van der Waals surface area contributed by atoms with E-state index in [1.165, 1.54) is 9.71 Å². The summed E-state index contributed by atoms with van der Waals surface area (Å²) in [6.45, 7) is 0.587. The Balaban J connectivity index is 2.10. The van der Waals surface area contributed by atoms with E-state index < -0.39 is 16.1 Å². The number of sulfonamides is 1. The third-order valence-electron chi connectivity index (χ3n) is 2.72. The molecule has 1 atom stereocenters. The van der Waals surface area contributed by atoms with Crippen LogP contribution in [0.15, 0.2) is 35.7 Å². The molecule has 0 bridgehead atoms. The molecule has 1 saturated heterocycles. The molecule has 1 aromatic carbocycles. The topological polar surface area (TPSA) is 57.6 Å². The summed E-state index contributed by atoms with van der Waals surface area (Å²) in [7, 11) is -3.40. The van der Waals surface area contributed by atoms with Gasteiger partial charge in [-0.1, -0.05) is 30.3 Å². The van der Waals surface area contributed by atoms with E-state index in [1.807, 2.05) is 30.3 Å². The molecular formula is C12H15NO3S. The van der Waals surface area contributed by atoms with Crippen LogP contribution >= 0.6 is 0 Å². The van der Waals surface area contributed by atoms with Crippen LogP contribution in [0.4, 0.5) is 0 Å². The minimum Gasteiger partial charge on any atom is -0.392 e. The Morgan fingerprint density at radius 3 is 2.59 bits per heavy atom. The van der Waals surface area contributed by atoms with E-state index in [2.05, 4.69) is 0 Å². The van der Waals surface area contributed by atoms with Gasteiger partial charge < -0.3 is 5.11 Å². The summed E-state index contributed by atoms with van der Waals surface area (Å²) in [5.41, 5.74) is 0.843. The highest BCUT2D eigenvalue weighted by molar-refractivity contribution is 7.92. The Bertz CT molecular complexity index is 496. The first-order chi connectivity index (χ1) is 8.08. The summed E-state index contributed by atoms with van der Waals surface area (Å²) in [6.07, 6.45) is 1.55. The maximum absolute atomic E-state index is 11.9. The van der Waals surface area contributed by atoms with Gasteiger partial charge in [-0.2, -0.15) is 4.31 Å². The van der Waals surface area contributed by atoms with E-state index >= 15 is 0 Å². The van der Waals surface area contributed by atoms with Gasteiger partial charge in [0.1, 0.15) is 0 Å². The molecule has 1 N–H and O–H groups in total.